The van der Waals surface area contributed by atoms with Gasteiger partial charge < -0.3 is 9.97 Å². The predicted octanol–water partition coefficient (Wildman–Crippen LogP) is 8.41. The second kappa shape index (κ2) is 11.5. The van der Waals surface area contributed by atoms with E-state index in [9.17, 15) is 0 Å². The summed E-state index contributed by atoms with van der Waals surface area (Å²) in [6.07, 6.45) is 15.7. The van der Waals surface area contributed by atoms with Gasteiger partial charge in [-0.3, -0.25) is 19.9 Å². The summed E-state index contributed by atoms with van der Waals surface area (Å²) >= 11 is 6.26. The molecule has 0 unspecified atom stereocenters. The van der Waals surface area contributed by atoms with Crippen LogP contribution < -0.4 is 9.97 Å². The maximum atomic E-state index is 5.19. The number of hydrogen-bond donors (Lipinski definition) is 0. The fraction of sp³-hybridized carbons (Fsp3) is 0. The zero-order valence-electron chi connectivity index (χ0n) is 22.8. The van der Waals surface area contributed by atoms with Crippen LogP contribution in [0.25, 0.3) is 88.1 Å². The van der Waals surface area contributed by atoms with E-state index in [1.54, 1.807) is 45.3 Å². The molecule has 0 atom stereocenters. The molecule has 45 heavy (non-hydrogen) atoms. The molecule has 0 aromatic carbocycles. The summed E-state index contributed by atoms with van der Waals surface area (Å²) in [6, 6.07) is 8.20. The minimum absolute atomic E-state index is 0. The second-order valence-corrected chi connectivity index (χ2v) is 13.4. The standard InChI is InChI=1S/C32H16N8S4.Mn/c1-2-18-30(26-10-34-14-42-26)20-5-6-22(39-20)32(28-12-36-16-44-28)24-8-7-23(40-24)31(27-11-35-15-43-27)21-4-3-19(38-21)29(17(1)37-18)25-9-33-13-41-25;/h1-16H;/q-2;+3. The van der Waals surface area contributed by atoms with Gasteiger partial charge in [0.25, 0.3) is 0 Å². The molecular formula is C32H16MnN8S4+. The summed E-state index contributed by atoms with van der Waals surface area (Å²) in [5.74, 6) is 0. The summed E-state index contributed by atoms with van der Waals surface area (Å²) in [5.41, 5.74) is 17.6. The third-order valence-corrected chi connectivity index (χ3v) is 10.5. The number of fused-ring (bicyclic) bond motifs is 8. The Hall–Kier alpha value is -4.36. The molecule has 0 radical (unpaired) electrons. The molecule has 0 fully saturated rings. The number of hydrogen-bond acceptors (Lipinski definition) is 10. The number of aromatic nitrogens is 8. The molecule has 7 aromatic rings. The Morgan fingerprint density at radius 1 is 0.400 bits per heavy atom. The quantitative estimate of drug-likeness (QED) is 0.169. The van der Waals surface area contributed by atoms with Crippen molar-refractivity contribution in [3.8, 4) is 41.8 Å². The van der Waals surface area contributed by atoms with Crippen LogP contribution in [0.3, 0.4) is 0 Å². The molecule has 13 heteroatoms. The van der Waals surface area contributed by atoms with Crippen molar-refractivity contribution in [1.29, 1.82) is 0 Å². The van der Waals surface area contributed by atoms with Crippen molar-refractivity contribution in [3.63, 3.8) is 0 Å². The molecule has 2 aliphatic rings. The first-order valence-corrected chi connectivity index (χ1v) is 16.9. The van der Waals surface area contributed by atoms with E-state index in [1.165, 1.54) is 0 Å². The van der Waals surface area contributed by atoms with Crippen LogP contribution in [0.15, 0.2) is 71.1 Å². The monoisotopic (exact) mass is 695 g/mol. The van der Waals surface area contributed by atoms with Gasteiger partial charge >= 0.3 is 17.1 Å². The van der Waals surface area contributed by atoms with Crippen LogP contribution in [0.5, 0.6) is 0 Å². The maximum absolute atomic E-state index is 5.19. The van der Waals surface area contributed by atoms with Crippen molar-refractivity contribution < 1.29 is 17.1 Å². The van der Waals surface area contributed by atoms with Gasteiger partial charge in [0.15, 0.2) is 0 Å². The first-order valence-electron chi connectivity index (χ1n) is 13.4. The molecule has 8 bridgehead atoms. The van der Waals surface area contributed by atoms with E-state index in [4.69, 9.17) is 19.9 Å². The zero-order chi connectivity index (χ0) is 29.0. The van der Waals surface area contributed by atoms with E-state index in [1.807, 2.05) is 46.8 Å². The van der Waals surface area contributed by atoms with E-state index < -0.39 is 0 Å². The van der Waals surface area contributed by atoms with Crippen LogP contribution in [0.1, 0.15) is 22.8 Å². The Labute approximate surface area is 282 Å². The summed E-state index contributed by atoms with van der Waals surface area (Å²) in [5, 5.41) is 0. The molecule has 0 N–H and O–H groups in total. The molecule has 8 nitrogen and oxygen atoms in total. The molecule has 0 amide bonds. The molecule has 0 saturated carbocycles. The molecule has 7 aromatic heterocycles. The fourth-order valence-corrected chi connectivity index (χ4v) is 8.19. The molecule has 9 heterocycles. The normalized spacial score (nSPS) is 12.1. The van der Waals surface area contributed by atoms with Crippen molar-refractivity contribution >= 4 is 91.7 Å². The van der Waals surface area contributed by atoms with E-state index in [0.717, 1.165) is 86.6 Å². The van der Waals surface area contributed by atoms with Crippen LogP contribution in [0.2, 0.25) is 0 Å². The first-order chi connectivity index (χ1) is 21.8. The zero-order valence-corrected chi connectivity index (χ0v) is 27.3. The third kappa shape index (κ3) is 4.85. The van der Waals surface area contributed by atoms with Crippen molar-refractivity contribution in [2.24, 2.45) is 0 Å². The van der Waals surface area contributed by atoms with Gasteiger partial charge in [-0.2, -0.15) is 0 Å². The number of nitrogens with zero attached hydrogens (tertiary/aromatic N) is 8. The van der Waals surface area contributed by atoms with E-state index in [0.29, 0.717) is 0 Å². The van der Waals surface area contributed by atoms with Crippen LogP contribution in [0.4, 0.5) is 0 Å². The Morgan fingerprint density at radius 3 is 0.889 bits per heavy atom. The first kappa shape index (κ1) is 28.1. The number of rotatable bonds is 4. The molecular weight excluding hydrogens is 680 g/mol. The van der Waals surface area contributed by atoms with Crippen molar-refractivity contribution in [1.82, 2.24) is 39.9 Å². The minimum Gasteiger partial charge on any atom is -0.657 e. The van der Waals surface area contributed by atoms with E-state index in [-0.39, 0.29) is 17.1 Å². The Bertz CT molecular complexity index is 2060. The maximum Gasteiger partial charge on any atom is 3.00 e. The third-order valence-electron chi connectivity index (χ3n) is 7.32. The van der Waals surface area contributed by atoms with Gasteiger partial charge in [0, 0.05) is 47.0 Å². The van der Waals surface area contributed by atoms with Crippen molar-refractivity contribution in [2.75, 3.05) is 0 Å². The topological polar surface area (TPSA) is 106 Å². The Morgan fingerprint density at radius 2 is 0.667 bits per heavy atom. The van der Waals surface area contributed by atoms with Crippen LogP contribution in [-0.2, 0) is 17.1 Å². The second-order valence-electron chi connectivity index (χ2n) is 9.83. The Kier molecular flexibility index (Phi) is 7.21. The average Bonchev–Trinajstić information content (AvgIpc) is 3.90. The fourth-order valence-electron chi connectivity index (χ4n) is 5.45. The van der Waals surface area contributed by atoms with Gasteiger partial charge in [-0.1, -0.05) is 24.3 Å². The summed E-state index contributed by atoms with van der Waals surface area (Å²) in [4.78, 5) is 42.2. The van der Waals surface area contributed by atoms with Gasteiger partial charge in [-0.15, -0.1) is 67.4 Å². The van der Waals surface area contributed by atoms with E-state index in [2.05, 4.69) is 68.5 Å². The largest absolute Gasteiger partial charge is 3.00 e. The molecule has 214 valence electrons. The van der Waals surface area contributed by atoms with Gasteiger partial charge in [0.05, 0.1) is 64.3 Å². The van der Waals surface area contributed by atoms with E-state index >= 15 is 0 Å². The van der Waals surface area contributed by atoms with Crippen molar-refractivity contribution in [3.05, 3.63) is 93.9 Å². The van der Waals surface area contributed by atoms with Gasteiger partial charge in [-0.25, -0.2) is 9.97 Å². The summed E-state index contributed by atoms with van der Waals surface area (Å²) < 4.78 is 0. The smallest absolute Gasteiger partial charge is 0.657 e. The minimum atomic E-state index is 0. The molecule has 0 spiro atoms. The van der Waals surface area contributed by atoms with Crippen LogP contribution in [0, 0.1) is 0 Å². The van der Waals surface area contributed by atoms with Crippen molar-refractivity contribution in [2.45, 2.75) is 0 Å². The van der Waals surface area contributed by atoms with Crippen LogP contribution >= 0.6 is 45.3 Å². The molecule has 0 aliphatic carbocycles. The van der Waals surface area contributed by atoms with Gasteiger partial charge in [0.2, 0.25) is 0 Å². The predicted molar refractivity (Wildman–Crippen MR) is 181 cm³/mol. The SMILES string of the molecule is C1=Cc2nc1c(-c1cncs1)c1ccc([n-]1)c(-c1cncs1)c1nc(c(-c3cncs3)c3ccc([n-]3)c2-c2cncs2)C=C1.[Mn+3]. The van der Waals surface area contributed by atoms with Crippen LogP contribution in [-0.4, -0.2) is 29.9 Å². The summed E-state index contributed by atoms with van der Waals surface area (Å²) in [6.45, 7) is 0. The summed E-state index contributed by atoms with van der Waals surface area (Å²) in [7, 11) is 0. The number of thiazole rings is 4. The molecule has 2 aliphatic heterocycles. The Balaban J connectivity index is 0.00000300. The van der Waals surface area contributed by atoms with Gasteiger partial charge in [0.1, 0.15) is 0 Å². The molecule has 0 saturated heterocycles. The van der Waals surface area contributed by atoms with Gasteiger partial charge in [-0.05, 0) is 24.3 Å². The average molecular weight is 696 g/mol. The molecule has 9 rings (SSSR count).